The summed E-state index contributed by atoms with van der Waals surface area (Å²) in [5.74, 6) is 0.703. The molecule has 0 saturated heterocycles. The fourth-order valence-corrected chi connectivity index (χ4v) is 3.37. The number of aryl methyl sites for hydroxylation is 1. The van der Waals surface area contributed by atoms with E-state index in [0.717, 1.165) is 40.8 Å². The van der Waals surface area contributed by atoms with E-state index in [4.69, 9.17) is 4.74 Å². The van der Waals surface area contributed by atoms with Crippen molar-refractivity contribution in [3.63, 3.8) is 0 Å². The van der Waals surface area contributed by atoms with Crippen LogP contribution in [-0.2, 0) is 6.42 Å². The lowest BCUT2D eigenvalue weighted by atomic mass is 9.94. The highest BCUT2D eigenvalue weighted by molar-refractivity contribution is 9.10. The number of hydrogen-bond acceptors (Lipinski definition) is 2. The van der Waals surface area contributed by atoms with Gasteiger partial charge in [0.15, 0.2) is 0 Å². The molecule has 0 fully saturated rings. The number of rotatable bonds is 3. The van der Waals surface area contributed by atoms with Crippen LogP contribution in [0.4, 0.5) is 4.39 Å². The zero-order valence-electron chi connectivity index (χ0n) is 11.8. The van der Waals surface area contributed by atoms with Gasteiger partial charge in [-0.25, -0.2) is 4.39 Å². The third kappa shape index (κ3) is 2.97. The van der Waals surface area contributed by atoms with Crippen molar-refractivity contribution in [2.75, 3.05) is 13.7 Å². The highest BCUT2D eigenvalue weighted by Gasteiger charge is 2.21. The first kappa shape index (κ1) is 14.5. The standard InChI is InChI=1S/C17H17BrFNO/c1-20-16(12-8-13(18)10-14(19)9-12)15-6-2-4-11-5-3-7-21-17(11)15/h2,4,6,8-10,16,20H,3,5,7H2,1H3. The lowest BCUT2D eigenvalue weighted by Gasteiger charge is -2.25. The number of para-hydroxylation sites is 1. The van der Waals surface area contributed by atoms with Crippen molar-refractivity contribution in [3.05, 3.63) is 63.4 Å². The minimum absolute atomic E-state index is 0.0925. The quantitative estimate of drug-likeness (QED) is 0.895. The van der Waals surface area contributed by atoms with E-state index < -0.39 is 0 Å². The Morgan fingerprint density at radius 1 is 1.29 bits per heavy atom. The van der Waals surface area contributed by atoms with Crippen molar-refractivity contribution >= 4 is 15.9 Å². The van der Waals surface area contributed by atoms with Crippen molar-refractivity contribution in [3.8, 4) is 5.75 Å². The maximum Gasteiger partial charge on any atom is 0.127 e. The fourth-order valence-electron chi connectivity index (χ4n) is 2.89. The van der Waals surface area contributed by atoms with E-state index in [0.29, 0.717) is 0 Å². The molecule has 2 aromatic rings. The molecule has 1 N–H and O–H groups in total. The normalized spacial score (nSPS) is 15.2. The van der Waals surface area contributed by atoms with Gasteiger partial charge in [0, 0.05) is 10.0 Å². The molecule has 0 amide bonds. The Bertz CT molecular complexity index is 639. The smallest absolute Gasteiger partial charge is 0.127 e. The van der Waals surface area contributed by atoms with Crippen molar-refractivity contribution in [2.45, 2.75) is 18.9 Å². The molecular formula is C17H17BrFNO. The van der Waals surface area contributed by atoms with Gasteiger partial charge in [0.05, 0.1) is 12.6 Å². The van der Waals surface area contributed by atoms with Crippen molar-refractivity contribution < 1.29 is 9.13 Å². The SMILES string of the molecule is CNC(c1cc(F)cc(Br)c1)c1cccc2c1OCCC2. The van der Waals surface area contributed by atoms with Crippen LogP contribution in [0, 0.1) is 5.82 Å². The van der Waals surface area contributed by atoms with E-state index in [-0.39, 0.29) is 11.9 Å². The summed E-state index contributed by atoms with van der Waals surface area (Å²) in [6.07, 6.45) is 2.08. The second-order valence-electron chi connectivity index (χ2n) is 5.21. The Balaban J connectivity index is 2.08. The number of halogens is 2. The summed E-state index contributed by atoms with van der Waals surface area (Å²) < 4.78 is 20.3. The molecule has 1 atom stereocenters. The van der Waals surface area contributed by atoms with Gasteiger partial charge in [-0.1, -0.05) is 34.1 Å². The fraction of sp³-hybridized carbons (Fsp3) is 0.294. The maximum absolute atomic E-state index is 13.7. The monoisotopic (exact) mass is 349 g/mol. The van der Waals surface area contributed by atoms with Crippen molar-refractivity contribution in [1.82, 2.24) is 5.32 Å². The molecule has 0 radical (unpaired) electrons. The molecule has 0 aromatic heterocycles. The van der Waals surface area contributed by atoms with Gasteiger partial charge in [-0.15, -0.1) is 0 Å². The van der Waals surface area contributed by atoms with E-state index in [1.165, 1.54) is 11.6 Å². The van der Waals surface area contributed by atoms with Crippen LogP contribution in [0.5, 0.6) is 5.75 Å². The van der Waals surface area contributed by atoms with Gasteiger partial charge >= 0.3 is 0 Å². The van der Waals surface area contributed by atoms with Crippen molar-refractivity contribution in [2.24, 2.45) is 0 Å². The first-order chi connectivity index (χ1) is 10.2. The van der Waals surface area contributed by atoms with Crippen LogP contribution < -0.4 is 10.1 Å². The predicted molar refractivity (Wildman–Crippen MR) is 85.3 cm³/mol. The summed E-state index contributed by atoms with van der Waals surface area (Å²) in [6, 6.07) is 11.1. The van der Waals surface area contributed by atoms with E-state index >= 15 is 0 Å². The second-order valence-corrected chi connectivity index (χ2v) is 6.13. The molecule has 1 aliphatic rings. The summed E-state index contributed by atoms with van der Waals surface area (Å²) in [4.78, 5) is 0. The van der Waals surface area contributed by atoms with Gasteiger partial charge in [-0.3, -0.25) is 0 Å². The van der Waals surface area contributed by atoms with E-state index in [9.17, 15) is 4.39 Å². The van der Waals surface area contributed by atoms with Gasteiger partial charge in [0.2, 0.25) is 0 Å². The predicted octanol–water partition coefficient (Wildman–Crippen LogP) is 4.22. The average Bonchev–Trinajstić information content (AvgIpc) is 2.47. The van der Waals surface area contributed by atoms with Crippen LogP contribution >= 0.6 is 15.9 Å². The molecule has 0 bridgehead atoms. The zero-order valence-corrected chi connectivity index (χ0v) is 13.4. The minimum atomic E-state index is -0.245. The number of ether oxygens (including phenoxy) is 1. The third-order valence-corrected chi connectivity index (χ3v) is 4.24. The molecule has 0 spiro atoms. The van der Waals surface area contributed by atoms with Gasteiger partial charge in [-0.2, -0.15) is 0 Å². The van der Waals surface area contributed by atoms with Crippen LogP contribution in [-0.4, -0.2) is 13.7 Å². The maximum atomic E-state index is 13.7. The summed E-state index contributed by atoms with van der Waals surface area (Å²) in [5, 5.41) is 3.27. The topological polar surface area (TPSA) is 21.3 Å². The summed E-state index contributed by atoms with van der Waals surface area (Å²) in [5.41, 5.74) is 3.17. The summed E-state index contributed by atoms with van der Waals surface area (Å²) in [6.45, 7) is 0.743. The lowest BCUT2D eigenvalue weighted by Crippen LogP contribution is -2.21. The van der Waals surface area contributed by atoms with Crippen LogP contribution in [0.1, 0.15) is 29.2 Å². The Labute approximate surface area is 132 Å². The summed E-state index contributed by atoms with van der Waals surface area (Å²) >= 11 is 3.36. The molecule has 0 saturated carbocycles. The Hall–Kier alpha value is -1.39. The highest BCUT2D eigenvalue weighted by Crippen LogP contribution is 2.36. The third-order valence-electron chi connectivity index (χ3n) is 3.78. The number of hydrogen-bond donors (Lipinski definition) is 1. The first-order valence-corrected chi connectivity index (χ1v) is 7.86. The molecule has 4 heteroatoms. The van der Waals surface area contributed by atoms with Gasteiger partial charge in [0.1, 0.15) is 11.6 Å². The van der Waals surface area contributed by atoms with Gasteiger partial charge < -0.3 is 10.1 Å². The number of fused-ring (bicyclic) bond motifs is 1. The lowest BCUT2D eigenvalue weighted by molar-refractivity contribution is 0.283. The van der Waals surface area contributed by atoms with Crippen molar-refractivity contribution in [1.29, 1.82) is 0 Å². The number of nitrogens with one attached hydrogen (secondary N) is 1. The number of benzene rings is 2. The summed E-state index contributed by atoms with van der Waals surface area (Å²) in [7, 11) is 1.88. The second kappa shape index (κ2) is 6.16. The van der Waals surface area contributed by atoms with Crippen LogP contribution in [0.3, 0.4) is 0 Å². The highest BCUT2D eigenvalue weighted by atomic mass is 79.9. The molecule has 2 aromatic carbocycles. The Morgan fingerprint density at radius 3 is 2.90 bits per heavy atom. The van der Waals surface area contributed by atoms with Crippen LogP contribution in [0.15, 0.2) is 40.9 Å². The molecule has 110 valence electrons. The Kier molecular flexibility index (Phi) is 4.27. The van der Waals surface area contributed by atoms with E-state index in [1.54, 1.807) is 6.07 Å². The average molecular weight is 350 g/mol. The van der Waals surface area contributed by atoms with E-state index in [1.807, 2.05) is 25.2 Å². The van der Waals surface area contributed by atoms with Crippen LogP contribution in [0.2, 0.25) is 0 Å². The minimum Gasteiger partial charge on any atom is -0.493 e. The first-order valence-electron chi connectivity index (χ1n) is 7.07. The molecule has 21 heavy (non-hydrogen) atoms. The molecule has 1 unspecified atom stereocenters. The molecule has 2 nitrogen and oxygen atoms in total. The van der Waals surface area contributed by atoms with Gasteiger partial charge in [-0.05, 0) is 49.2 Å². The van der Waals surface area contributed by atoms with Gasteiger partial charge in [0.25, 0.3) is 0 Å². The molecule has 0 aliphatic carbocycles. The molecule has 1 heterocycles. The van der Waals surface area contributed by atoms with Crippen LogP contribution in [0.25, 0.3) is 0 Å². The largest absolute Gasteiger partial charge is 0.493 e. The molecular weight excluding hydrogens is 333 g/mol. The zero-order chi connectivity index (χ0) is 14.8. The Morgan fingerprint density at radius 2 is 2.14 bits per heavy atom. The van der Waals surface area contributed by atoms with E-state index in [2.05, 4.69) is 27.3 Å². The molecule has 3 rings (SSSR count). The molecule has 1 aliphatic heterocycles.